The molecule has 0 fully saturated rings. The zero-order valence-electron chi connectivity index (χ0n) is 8.82. The van der Waals surface area contributed by atoms with E-state index in [1.165, 1.54) is 24.3 Å². The second-order valence-electron chi connectivity index (χ2n) is 3.74. The third kappa shape index (κ3) is 2.53. The van der Waals surface area contributed by atoms with Crippen LogP contribution in [0.5, 0.6) is 11.5 Å². The van der Waals surface area contributed by atoms with Crippen LogP contribution >= 0.6 is 0 Å². The summed E-state index contributed by atoms with van der Waals surface area (Å²) in [6.07, 6.45) is 0.195. The van der Waals surface area contributed by atoms with Gasteiger partial charge >= 0.3 is 0 Å². The third-order valence-electron chi connectivity index (χ3n) is 2.45. The maximum Gasteiger partial charge on any atom is 0.165 e. The molecule has 0 bridgehead atoms. The first kappa shape index (κ1) is 11.4. The summed E-state index contributed by atoms with van der Waals surface area (Å²) in [7, 11) is 0. The fourth-order valence-corrected chi connectivity index (χ4v) is 1.58. The number of aromatic hydroxyl groups is 2. The van der Waals surface area contributed by atoms with E-state index in [1.54, 1.807) is 0 Å². The van der Waals surface area contributed by atoms with Gasteiger partial charge in [0.1, 0.15) is 11.6 Å². The molecule has 2 nitrogen and oxygen atoms in total. The summed E-state index contributed by atoms with van der Waals surface area (Å²) in [5.74, 6) is -1.67. The van der Waals surface area contributed by atoms with E-state index in [0.717, 1.165) is 12.1 Å². The smallest absolute Gasteiger partial charge is 0.165 e. The molecule has 88 valence electrons. The van der Waals surface area contributed by atoms with E-state index >= 15 is 0 Å². The van der Waals surface area contributed by atoms with Crippen LogP contribution in [-0.2, 0) is 6.42 Å². The number of hydrogen-bond acceptors (Lipinski definition) is 2. The fraction of sp³-hybridized carbons (Fsp3) is 0.0769. The molecular weight excluding hydrogens is 226 g/mol. The quantitative estimate of drug-likeness (QED) is 0.841. The van der Waals surface area contributed by atoms with Crippen molar-refractivity contribution in [2.45, 2.75) is 6.42 Å². The Labute approximate surface area is 96.8 Å². The molecule has 2 N–H and O–H groups in total. The van der Waals surface area contributed by atoms with E-state index in [0.29, 0.717) is 11.1 Å². The van der Waals surface area contributed by atoms with Gasteiger partial charge in [0.15, 0.2) is 11.6 Å². The molecule has 0 saturated heterocycles. The van der Waals surface area contributed by atoms with Crippen molar-refractivity contribution in [1.29, 1.82) is 0 Å². The van der Waals surface area contributed by atoms with Gasteiger partial charge in [0.05, 0.1) is 0 Å². The number of benzene rings is 2. The standard InChI is InChI=1S/C13H10F2O2/c14-10-2-4-12(16)9(7-10)5-8-1-3-13(17)11(15)6-8/h1-4,6-7,16-17H,5H2. The van der Waals surface area contributed by atoms with Gasteiger partial charge in [-0.25, -0.2) is 8.78 Å². The van der Waals surface area contributed by atoms with Crippen molar-refractivity contribution >= 4 is 0 Å². The molecule has 0 aliphatic carbocycles. The lowest BCUT2D eigenvalue weighted by atomic mass is 10.0. The van der Waals surface area contributed by atoms with Crippen LogP contribution in [0.15, 0.2) is 36.4 Å². The van der Waals surface area contributed by atoms with Crippen molar-refractivity contribution in [1.82, 2.24) is 0 Å². The average molecular weight is 236 g/mol. The largest absolute Gasteiger partial charge is 0.508 e. The first-order valence-electron chi connectivity index (χ1n) is 5.01. The van der Waals surface area contributed by atoms with Gasteiger partial charge in [-0.15, -0.1) is 0 Å². The summed E-state index contributed by atoms with van der Waals surface area (Å²) in [5.41, 5.74) is 0.913. The van der Waals surface area contributed by atoms with Crippen LogP contribution in [0, 0.1) is 11.6 Å². The summed E-state index contributed by atoms with van der Waals surface area (Å²) in [4.78, 5) is 0. The number of hydrogen-bond donors (Lipinski definition) is 2. The molecule has 0 radical (unpaired) electrons. The van der Waals surface area contributed by atoms with E-state index in [1.807, 2.05) is 0 Å². The molecule has 0 aliphatic heterocycles. The molecule has 2 aromatic rings. The zero-order chi connectivity index (χ0) is 12.4. The van der Waals surface area contributed by atoms with Crippen molar-refractivity contribution in [2.75, 3.05) is 0 Å². The fourth-order valence-electron chi connectivity index (χ4n) is 1.58. The van der Waals surface area contributed by atoms with Gasteiger partial charge < -0.3 is 10.2 Å². The van der Waals surface area contributed by atoms with E-state index in [9.17, 15) is 13.9 Å². The Kier molecular flexibility index (Phi) is 2.95. The predicted octanol–water partition coefficient (Wildman–Crippen LogP) is 2.97. The molecular formula is C13H10F2O2. The van der Waals surface area contributed by atoms with Crippen molar-refractivity contribution in [2.24, 2.45) is 0 Å². The molecule has 0 aromatic heterocycles. The Bertz CT molecular complexity index is 553. The van der Waals surface area contributed by atoms with Crippen LogP contribution in [0.25, 0.3) is 0 Å². The van der Waals surface area contributed by atoms with Crippen molar-refractivity contribution in [3.8, 4) is 11.5 Å². The zero-order valence-corrected chi connectivity index (χ0v) is 8.82. The second kappa shape index (κ2) is 4.41. The topological polar surface area (TPSA) is 40.5 Å². The summed E-state index contributed by atoms with van der Waals surface area (Å²) >= 11 is 0. The molecule has 0 heterocycles. The number of phenolic OH excluding ortho intramolecular Hbond substituents is 2. The van der Waals surface area contributed by atoms with Crippen LogP contribution < -0.4 is 0 Å². The maximum atomic E-state index is 13.1. The van der Waals surface area contributed by atoms with Gasteiger partial charge in [-0.1, -0.05) is 6.07 Å². The lowest BCUT2D eigenvalue weighted by Crippen LogP contribution is -1.91. The summed E-state index contributed by atoms with van der Waals surface area (Å²) in [5, 5.41) is 18.5. The first-order chi connectivity index (χ1) is 8.06. The molecule has 17 heavy (non-hydrogen) atoms. The Morgan fingerprint density at radius 2 is 1.59 bits per heavy atom. The number of phenols is 2. The van der Waals surface area contributed by atoms with Gasteiger partial charge in [0.25, 0.3) is 0 Å². The van der Waals surface area contributed by atoms with E-state index in [4.69, 9.17) is 5.11 Å². The van der Waals surface area contributed by atoms with Crippen molar-refractivity contribution < 1.29 is 19.0 Å². The highest BCUT2D eigenvalue weighted by atomic mass is 19.1. The summed E-state index contributed by atoms with van der Waals surface area (Å²) < 4.78 is 26.0. The number of halogens is 2. The van der Waals surface area contributed by atoms with Crippen LogP contribution in [0.2, 0.25) is 0 Å². The van der Waals surface area contributed by atoms with Crippen LogP contribution in [0.1, 0.15) is 11.1 Å². The first-order valence-corrected chi connectivity index (χ1v) is 5.01. The predicted molar refractivity (Wildman–Crippen MR) is 58.9 cm³/mol. The van der Waals surface area contributed by atoms with Gasteiger partial charge in [-0.2, -0.15) is 0 Å². The minimum absolute atomic E-state index is 0.0418. The monoisotopic (exact) mass is 236 g/mol. The molecule has 4 heteroatoms. The van der Waals surface area contributed by atoms with Crippen LogP contribution in [0.3, 0.4) is 0 Å². The Balaban J connectivity index is 2.31. The van der Waals surface area contributed by atoms with Gasteiger partial charge in [0, 0.05) is 12.0 Å². The minimum atomic E-state index is -0.738. The molecule has 0 unspecified atom stereocenters. The van der Waals surface area contributed by atoms with E-state index in [2.05, 4.69) is 0 Å². The Morgan fingerprint density at radius 1 is 0.882 bits per heavy atom. The van der Waals surface area contributed by atoms with Gasteiger partial charge in [-0.05, 0) is 35.9 Å². The summed E-state index contributed by atoms with van der Waals surface area (Å²) in [6, 6.07) is 7.49. The third-order valence-corrected chi connectivity index (χ3v) is 2.45. The molecule has 0 amide bonds. The van der Waals surface area contributed by atoms with Crippen LogP contribution in [0.4, 0.5) is 8.78 Å². The average Bonchev–Trinajstić information content (AvgIpc) is 2.29. The van der Waals surface area contributed by atoms with E-state index in [-0.39, 0.29) is 12.2 Å². The van der Waals surface area contributed by atoms with E-state index < -0.39 is 17.4 Å². The second-order valence-corrected chi connectivity index (χ2v) is 3.74. The molecule has 0 aliphatic rings. The van der Waals surface area contributed by atoms with Gasteiger partial charge in [0.2, 0.25) is 0 Å². The highest BCUT2D eigenvalue weighted by molar-refractivity contribution is 5.38. The van der Waals surface area contributed by atoms with Crippen LogP contribution in [-0.4, -0.2) is 10.2 Å². The van der Waals surface area contributed by atoms with Crippen molar-refractivity contribution in [3.63, 3.8) is 0 Å². The maximum absolute atomic E-state index is 13.1. The lowest BCUT2D eigenvalue weighted by molar-refractivity contribution is 0.432. The highest BCUT2D eigenvalue weighted by Gasteiger charge is 2.06. The minimum Gasteiger partial charge on any atom is -0.508 e. The normalized spacial score (nSPS) is 10.5. The molecule has 0 saturated carbocycles. The van der Waals surface area contributed by atoms with Crippen molar-refractivity contribution in [3.05, 3.63) is 59.2 Å². The Morgan fingerprint density at radius 3 is 2.29 bits per heavy atom. The Hall–Kier alpha value is -2.10. The molecule has 2 aromatic carbocycles. The molecule has 2 rings (SSSR count). The molecule has 0 spiro atoms. The lowest BCUT2D eigenvalue weighted by Gasteiger charge is -2.05. The van der Waals surface area contributed by atoms with Gasteiger partial charge in [-0.3, -0.25) is 0 Å². The highest BCUT2D eigenvalue weighted by Crippen LogP contribution is 2.23. The summed E-state index contributed by atoms with van der Waals surface area (Å²) in [6.45, 7) is 0. The SMILES string of the molecule is Oc1ccc(Cc2cc(F)ccc2O)cc1F. The number of rotatable bonds is 2. The molecule has 0 atom stereocenters.